The summed E-state index contributed by atoms with van der Waals surface area (Å²) in [6.07, 6.45) is 2.75. The molecule has 0 bridgehead atoms. The molecule has 18 heavy (non-hydrogen) atoms. The molecular weight excluding hydrogens is 246 g/mol. The summed E-state index contributed by atoms with van der Waals surface area (Å²) in [5, 5.41) is 14.4. The minimum absolute atomic E-state index is 0.146. The standard InChI is InChI=1S/C15H24ClNO/c1-4-15(5-2,6-3)17-11-14(18)12-7-9-13(16)10-8-12/h7-10,14,17-18H,4-6,11H2,1-3H3. The minimum atomic E-state index is -0.480. The molecule has 0 saturated heterocycles. The molecule has 3 heteroatoms. The Balaban J connectivity index is 2.59. The number of nitrogens with one attached hydrogen (secondary N) is 1. The first kappa shape index (κ1) is 15.5. The van der Waals surface area contributed by atoms with Gasteiger partial charge in [-0.25, -0.2) is 0 Å². The van der Waals surface area contributed by atoms with Gasteiger partial charge in [0.1, 0.15) is 0 Å². The smallest absolute Gasteiger partial charge is 0.0914 e. The van der Waals surface area contributed by atoms with E-state index in [0.717, 1.165) is 24.8 Å². The highest BCUT2D eigenvalue weighted by atomic mass is 35.5. The Kier molecular flexibility index (Phi) is 6.13. The first-order chi connectivity index (χ1) is 8.56. The normalized spacial score (nSPS) is 13.6. The Morgan fingerprint density at radius 1 is 1.11 bits per heavy atom. The van der Waals surface area contributed by atoms with Crippen molar-refractivity contribution >= 4 is 11.6 Å². The van der Waals surface area contributed by atoms with Crippen LogP contribution in [0.2, 0.25) is 5.02 Å². The maximum atomic E-state index is 10.2. The van der Waals surface area contributed by atoms with Crippen molar-refractivity contribution < 1.29 is 5.11 Å². The van der Waals surface area contributed by atoms with Crippen molar-refractivity contribution in [3.63, 3.8) is 0 Å². The second-order valence-corrected chi connectivity index (χ2v) is 5.23. The zero-order valence-electron chi connectivity index (χ0n) is 11.5. The Morgan fingerprint density at radius 2 is 1.61 bits per heavy atom. The van der Waals surface area contributed by atoms with Gasteiger partial charge < -0.3 is 10.4 Å². The van der Waals surface area contributed by atoms with Crippen molar-refractivity contribution in [2.45, 2.75) is 51.7 Å². The fraction of sp³-hybridized carbons (Fsp3) is 0.600. The van der Waals surface area contributed by atoms with Crippen molar-refractivity contribution in [1.82, 2.24) is 5.32 Å². The van der Waals surface area contributed by atoms with E-state index in [9.17, 15) is 5.11 Å². The molecule has 1 rings (SSSR count). The van der Waals surface area contributed by atoms with Crippen molar-refractivity contribution in [1.29, 1.82) is 0 Å². The van der Waals surface area contributed by atoms with Crippen molar-refractivity contribution in [2.75, 3.05) is 6.54 Å². The van der Waals surface area contributed by atoms with Crippen LogP contribution in [0.15, 0.2) is 24.3 Å². The van der Waals surface area contributed by atoms with Gasteiger partial charge in [-0.15, -0.1) is 0 Å². The van der Waals surface area contributed by atoms with Crippen LogP contribution in [0.25, 0.3) is 0 Å². The first-order valence-electron chi connectivity index (χ1n) is 6.75. The van der Waals surface area contributed by atoms with E-state index in [0.29, 0.717) is 11.6 Å². The van der Waals surface area contributed by atoms with Crippen LogP contribution in [0.5, 0.6) is 0 Å². The number of rotatable bonds is 7. The number of hydrogen-bond acceptors (Lipinski definition) is 2. The van der Waals surface area contributed by atoms with Crippen LogP contribution in [0, 0.1) is 0 Å². The molecule has 0 spiro atoms. The topological polar surface area (TPSA) is 32.3 Å². The second-order valence-electron chi connectivity index (χ2n) is 4.79. The van der Waals surface area contributed by atoms with Gasteiger partial charge in [0, 0.05) is 17.1 Å². The molecule has 0 aliphatic carbocycles. The number of halogens is 1. The van der Waals surface area contributed by atoms with Gasteiger partial charge in [-0.3, -0.25) is 0 Å². The lowest BCUT2D eigenvalue weighted by molar-refractivity contribution is 0.150. The quantitative estimate of drug-likeness (QED) is 0.786. The molecule has 0 saturated carbocycles. The number of β-amino-alcohol motifs (C(OH)–C–C–N with tert-alkyl or cyclic N) is 1. The predicted molar refractivity (Wildman–Crippen MR) is 78.0 cm³/mol. The zero-order chi connectivity index (χ0) is 13.6. The van der Waals surface area contributed by atoms with Crippen molar-refractivity contribution in [2.24, 2.45) is 0 Å². The van der Waals surface area contributed by atoms with Crippen LogP contribution >= 0.6 is 11.6 Å². The molecule has 0 aliphatic rings. The highest BCUT2D eigenvalue weighted by Gasteiger charge is 2.23. The number of aliphatic hydroxyl groups excluding tert-OH is 1. The summed E-state index contributed by atoms with van der Waals surface area (Å²) in [6.45, 7) is 7.15. The molecule has 0 aromatic heterocycles. The number of hydrogen-bond donors (Lipinski definition) is 2. The molecule has 2 nitrogen and oxygen atoms in total. The van der Waals surface area contributed by atoms with Gasteiger partial charge in [0.25, 0.3) is 0 Å². The van der Waals surface area contributed by atoms with E-state index >= 15 is 0 Å². The highest BCUT2D eigenvalue weighted by Crippen LogP contribution is 2.21. The molecule has 1 atom stereocenters. The van der Waals surface area contributed by atoms with Crippen LogP contribution in [-0.2, 0) is 0 Å². The highest BCUT2D eigenvalue weighted by molar-refractivity contribution is 6.30. The summed E-state index contributed by atoms with van der Waals surface area (Å²) in [7, 11) is 0. The molecule has 1 aromatic rings. The van der Waals surface area contributed by atoms with Crippen molar-refractivity contribution in [3.05, 3.63) is 34.9 Å². The van der Waals surface area contributed by atoms with E-state index in [4.69, 9.17) is 11.6 Å². The fourth-order valence-electron chi connectivity index (χ4n) is 2.24. The summed E-state index contributed by atoms with van der Waals surface area (Å²) in [5.74, 6) is 0. The minimum Gasteiger partial charge on any atom is -0.387 e. The summed E-state index contributed by atoms with van der Waals surface area (Å²) < 4.78 is 0. The third kappa shape index (κ3) is 3.98. The summed E-state index contributed by atoms with van der Waals surface area (Å²) in [4.78, 5) is 0. The number of benzene rings is 1. The molecule has 0 radical (unpaired) electrons. The zero-order valence-corrected chi connectivity index (χ0v) is 12.3. The van der Waals surface area contributed by atoms with E-state index in [1.807, 2.05) is 24.3 Å². The first-order valence-corrected chi connectivity index (χ1v) is 7.13. The lowest BCUT2D eigenvalue weighted by atomic mass is 9.89. The molecule has 0 amide bonds. The lowest BCUT2D eigenvalue weighted by Crippen LogP contribution is -2.45. The Morgan fingerprint density at radius 3 is 2.06 bits per heavy atom. The monoisotopic (exact) mass is 269 g/mol. The van der Waals surface area contributed by atoms with Crippen LogP contribution in [0.3, 0.4) is 0 Å². The van der Waals surface area contributed by atoms with Gasteiger partial charge >= 0.3 is 0 Å². The Labute approximate surface area is 115 Å². The molecule has 2 N–H and O–H groups in total. The van der Waals surface area contributed by atoms with Gasteiger partial charge in [-0.1, -0.05) is 44.5 Å². The fourth-order valence-corrected chi connectivity index (χ4v) is 2.37. The van der Waals surface area contributed by atoms with Crippen LogP contribution in [-0.4, -0.2) is 17.2 Å². The SMILES string of the molecule is CCC(CC)(CC)NCC(O)c1ccc(Cl)cc1. The summed E-state index contributed by atoms with van der Waals surface area (Å²) in [6, 6.07) is 7.38. The Bertz CT molecular complexity index is 338. The third-order valence-electron chi connectivity index (χ3n) is 3.96. The van der Waals surface area contributed by atoms with Gasteiger partial charge in [0.15, 0.2) is 0 Å². The molecule has 102 valence electrons. The van der Waals surface area contributed by atoms with Crippen LogP contribution < -0.4 is 5.32 Å². The van der Waals surface area contributed by atoms with E-state index in [1.165, 1.54) is 0 Å². The molecule has 1 aromatic carbocycles. The molecular formula is C15H24ClNO. The summed E-state index contributed by atoms with van der Waals surface area (Å²) >= 11 is 5.84. The van der Waals surface area contributed by atoms with E-state index in [1.54, 1.807) is 0 Å². The van der Waals surface area contributed by atoms with Gasteiger partial charge in [-0.05, 0) is 37.0 Å². The maximum Gasteiger partial charge on any atom is 0.0914 e. The second kappa shape index (κ2) is 7.13. The van der Waals surface area contributed by atoms with Gasteiger partial charge in [0.05, 0.1) is 6.10 Å². The average Bonchev–Trinajstić information content (AvgIpc) is 2.41. The van der Waals surface area contributed by atoms with E-state index in [-0.39, 0.29) is 5.54 Å². The van der Waals surface area contributed by atoms with Gasteiger partial charge in [0.2, 0.25) is 0 Å². The van der Waals surface area contributed by atoms with Gasteiger partial charge in [-0.2, -0.15) is 0 Å². The summed E-state index contributed by atoms with van der Waals surface area (Å²) in [5.41, 5.74) is 1.05. The lowest BCUT2D eigenvalue weighted by Gasteiger charge is -2.33. The van der Waals surface area contributed by atoms with Crippen molar-refractivity contribution in [3.8, 4) is 0 Å². The molecule has 1 unspecified atom stereocenters. The van der Waals surface area contributed by atoms with E-state index in [2.05, 4.69) is 26.1 Å². The Hall–Kier alpha value is -0.570. The number of aliphatic hydroxyl groups is 1. The van der Waals surface area contributed by atoms with Crippen LogP contribution in [0.4, 0.5) is 0 Å². The predicted octanol–water partition coefficient (Wildman–Crippen LogP) is 3.93. The van der Waals surface area contributed by atoms with Crippen LogP contribution in [0.1, 0.15) is 51.7 Å². The molecule has 0 heterocycles. The molecule has 0 fully saturated rings. The maximum absolute atomic E-state index is 10.2. The molecule has 0 aliphatic heterocycles. The largest absolute Gasteiger partial charge is 0.387 e. The van der Waals surface area contributed by atoms with E-state index < -0.39 is 6.10 Å². The third-order valence-corrected chi connectivity index (χ3v) is 4.21. The average molecular weight is 270 g/mol.